The number of piperazine rings is 1. The van der Waals surface area contributed by atoms with Gasteiger partial charge in [-0.05, 0) is 33.9 Å². The zero-order valence-electron chi connectivity index (χ0n) is 17.3. The van der Waals surface area contributed by atoms with Crippen molar-refractivity contribution in [1.29, 1.82) is 0 Å². The molecule has 1 aromatic rings. The molecule has 1 heterocycles. The number of likely N-dealkylation sites (N-methyl/N-ethyl adjacent to an activating group) is 1. The minimum Gasteiger partial charge on any atom is -0.434 e. The summed E-state index contributed by atoms with van der Waals surface area (Å²) in [7, 11) is 2.15. The number of halogens is 2. The predicted molar refractivity (Wildman–Crippen MR) is 109 cm³/mol. The van der Waals surface area contributed by atoms with Crippen molar-refractivity contribution in [2.24, 2.45) is 4.99 Å². The van der Waals surface area contributed by atoms with Crippen LogP contribution < -0.4 is 15.4 Å². The van der Waals surface area contributed by atoms with Crippen molar-refractivity contribution < 1.29 is 13.5 Å². The number of nitrogens with zero attached hydrogens (tertiary/aromatic N) is 3. The van der Waals surface area contributed by atoms with Gasteiger partial charge in [-0.1, -0.05) is 17.7 Å². The molecule has 1 unspecified atom stereocenters. The predicted octanol–water partition coefficient (Wildman–Crippen LogP) is 2.29. The number of guanidine groups is 1. The standard InChI is InChI=1S/C20H33F2N5O/c1-5-23-20(24-13-16(3)27-10-8-26(4)9-11-27)25-14-17-12-15(2)6-7-18(17)28-19(21)22/h6-7,12,16,19H,5,8-11,13-14H2,1-4H3,(H2,23,24,25). The van der Waals surface area contributed by atoms with Gasteiger partial charge in [0.2, 0.25) is 0 Å². The van der Waals surface area contributed by atoms with Crippen LogP contribution in [-0.4, -0.2) is 74.7 Å². The Balaban J connectivity index is 1.97. The molecular weight excluding hydrogens is 364 g/mol. The van der Waals surface area contributed by atoms with Crippen LogP contribution in [0.5, 0.6) is 5.75 Å². The summed E-state index contributed by atoms with van der Waals surface area (Å²) < 4.78 is 29.9. The zero-order chi connectivity index (χ0) is 20.5. The van der Waals surface area contributed by atoms with E-state index in [0.29, 0.717) is 17.6 Å². The van der Waals surface area contributed by atoms with Gasteiger partial charge in [-0.2, -0.15) is 8.78 Å². The first-order chi connectivity index (χ1) is 13.4. The molecular formula is C20H33F2N5O. The van der Waals surface area contributed by atoms with Crippen LogP contribution in [0.15, 0.2) is 23.2 Å². The van der Waals surface area contributed by atoms with E-state index in [1.807, 2.05) is 19.9 Å². The average Bonchev–Trinajstić information content (AvgIpc) is 2.66. The lowest BCUT2D eigenvalue weighted by Gasteiger charge is -2.36. The molecule has 1 fully saturated rings. The molecule has 1 aliphatic rings. The summed E-state index contributed by atoms with van der Waals surface area (Å²) in [5.41, 5.74) is 1.62. The summed E-state index contributed by atoms with van der Waals surface area (Å²) in [5.74, 6) is 0.846. The highest BCUT2D eigenvalue weighted by Crippen LogP contribution is 2.22. The molecule has 0 radical (unpaired) electrons. The molecule has 6 nitrogen and oxygen atoms in total. The lowest BCUT2D eigenvalue weighted by Crippen LogP contribution is -2.52. The minimum atomic E-state index is -2.85. The summed E-state index contributed by atoms with van der Waals surface area (Å²) in [6.07, 6.45) is 0. The highest BCUT2D eigenvalue weighted by molar-refractivity contribution is 5.79. The van der Waals surface area contributed by atoms with Crippen molar-refractivity contribution in [3.8, 4) is 5.75 Å². The molecule has 1 saturated heterocycles. The Hall–Kier alpha value is -1.93. The quantitative estimate of drug-likeness (QED) is 0.521. The van der Waals surface area contributed by atoms with Gasteiger partial charge < -0.3 is 20.3 Å². The Labute approximate surface area is 166 Å². The molecule has 8 heteroatoms. The molecule has 28 heavy (non-hydrogen) atoms. The van der Waals surface area contributed by atoms with Crippen LogP contribution in [0.1, 0.15) is 25.0 Å². The molecule has 1 aromatic carbocycles. The monoisotopic (exact) mass is 397 g/mol. The minimum absolute atomic E-state index is 0.172. The number of hydrogen-bond donors (Lipinski definition) is 2. The van der Waals surface area contributed by atoms with Gasteiger partial charge in [0.15, 0.2) is 5.96 Å². The molecule has 0 saturated carbocycles. The van der Waals surface area contributed by atoms with E-state index in [1.54, 1.807) is 12.1 Å². The van der Waals surface area contributed by atoms with Crippen LogP contribution in [0.25, 0.3) is 0 Å². The van der Waals surface area contributed by atoms with Gasteiger partial charge in [0.1, 0.15) is 5.75 Å². The number of aryl methyl sites for hydroxylation is 1. The van der Waals surface area contributed by atoms with Gasteiger partial charge in [-0.15, -0.1) is 0 Å². The number of rotatable bonds is 8. The Morgan fingerprint density at radius 3 is 2.57 bits per heavy atom. The van der Waals surface area contributed by atoms with Crippen LogP contribution in [0.3, 0.4) is 0 Å². The number of benzene rings is 1. The van der Waals surface area contributed by atoms with Crippen molar-refractivity contribution in [2.45, 2.75) is 40.0 Å². The number of ether oxygens (including phenoxy) is 1. The van der Waals surface area contributed by atoms with Crippen molar-refractivity contribution >= 4 is 5.96 Å². The molecule has 1 aliphatic heterocycles. The van der Waals surface area contributed by atoms with Crippen LogP contribution >= 0.6 is 0 Å². The van der Waals surface area contributed by atoms with Crippen LogP contribution in [-0.2, 0) is 6.54 Å². The van der Waals surface area contributed by atoms with Crippen molar-refractivity contribution in [2.75, 3.05) is 46.3 Å². The third-order valence-electron chi connectivity index (χ3n) is 4.91. The topological polar surface area (TPSA) is 52.1 Å². The fraction of sp³-hybridized carbons (Fsp3) is 0.650. The lowest BCUT2D eigenvalue weighted by atomic mass is 10.1. The summed E-state index contributed by atoms with van der Waals surface area (Å²) in [6.45, 7) is 9.32. The second-order valence-corrected chi connectivity index (χ2v) is 7.25. The Morgan fingerprint density at radius 1 is 1.21 bits per heavy atom. The smallest absolute Gasteiger partial charge is 0.387 e. The van der Waals surface area contributed by atoms with Gasteiger partial charge in [-0.3, -0.25) is 4.90 Å². The van der Waals surface area contributed by atoms with E-state index in [-0.39, 0.29) is 12.3 Å². The number of aliphatic imine (C=N–C) groups is 1. The van der Waals surface area contributed by atoms with Crippen LogP contribution in [0, 0.1) is 6.92 Å². The fourth-order valence-electron chi connectivity index (χ4n) is 3.18. The maximum absolute atomic E-state index is 12.6. The van der Waals surface area contributed by atoms with Crippen LogP contribution in [0.2, 0.25) is 0 Å². The highest BCUT2D eigenvalue weighted by atomic mass is 19.3. The Bertz CT molecular complexity index is 633. The van der Waals surface area contributed by atoms with E-state index < -0.39 is 6.61 Å². The number of hydrogen-bond acceptors (Lipinski definition) is 4. The van der Waals surface area contributed by atoms with Gasteiger partial charge in [0.25, 0.3) is 0 Å². The summed E-state index contributed by atoms with van der Waals surface area (Å²) in [4.78, 5) is 9.37. The first kappa shape index (κ1) is 22.4. The SMILES string of the molecule is CCNC(=NCc1cc(C)ccc1OC(F)F)NCC(C)N1CCN(C)CC1. The Morgan fingerprint density at radius 2 is 1.93 bits per heavy atom. The van der Waals surface area contributed by atoms with Gasteiger partial charge >= 0.3 is 6.61 Å². The molecule has 0 amide bonds. The van der Waals surface area contributed by atoms with E-state index in [1.165, 1.54) is 0 Å². The molecule has 1 atom stereocenters. The fourth-order valence-corrected chi connectivity index (χ4v) is 3.18. The average molecular weight is 398 g/mol. The highest BCUT2D eigenvalue weighted by Gasteiger charge is 2.19. The number of nitrogens with one attached hydrogen (secondary N) is 2. The second-order valence-electron chi connectivity index (χ2n) is 7.25. The van der Waals surface area contributed by atoms with E-state index >= 15 is 0 Å². The third-order valence-corrected chi connectivity index (χ3v) is 4.91. The molecule has 158 valence electrons. The van der Waals surface area contributed by atoms with Crippen molar-refractivity contribution in [3.63, 3.8) is 0 Å². The molecule has 0 aromatic heterocycles. The molecule has 0 spiro atoms. The molecule has 2 N–H and O–H groups in total. The second kappa shape index (κ2) is 11.2. The van der Waals surface area contributed by atoms with Crippen molar-refractivity contribution in [3.05, 3.63) is 29.3 Å². The first-order valence-electron chi connectivity index (χ1n) is 9.88. The molecule has 0 aliphatic carbocycles. The van der Waals surface area contributed by atoms with Crippen molar-refractivity contribution in [1.82, 2.24) is 20.4 Å². The zero-order valence-corrected chi connectivity index (χ0v) is 17.3. The maximum Gasteiger partial charge on any atom is 0.387 e. The maximum atomic E-state index is 12.6. The lowest BCUT2D eigenvalue weighted by molar-refractivity contribution is -0.0504. The summed E-state index contributed by atoms with van der Waals surface area (Å²) in [5, 5.41) is 6.58. The Kier molecular flexibility index (Phi) is 8.92. The number of alkyl halides is 2. The van der Waals surface area contributed by atoms with E-state index in [0.717, 1.165) is 44.8 Å². The van der Waals surface area contributed by atoms with Gasteiger partial charge in [-0.25, -0.2) is 4.99 Å². The largest absolute Gasteiger partial charge is 0.434 e. The summed E-state index contributed by atoms with van der Waals surface area (Å²) >= 11 is 0. The van der Waals surface area contributed by atoms with E-state index in [4.69, 9.17) is 0 Å². The van der Waals surface area contributed by atoms with E-state index in [2.05, 4.69) is 44.1 Å². The summed E-state index contributed by atoms with van der Waals surface area (Å²) in [6, 6.07) is 5.54. The molecule has 0 bridgehead atoms. The third kappa shape index (κ3) is 7.24. The first-order valence-corrected chi connectivity index (χ1v) is 9.88. The van der Waals surface area contributed by atoms with E-state index in [9.17, 15) is 8.78 Å². The van der Waals surface area contributed by atoms with Crippen LogP contribution in [0.4, 0.5) is 8.78 Å². The normalized spacial score (nSPS) is 17.6. The van der Waals surface area contributed by atoms with Gasteiger partial charge in [0.05, 0.1) is 6.54 Å². The van der Waals surface area contributed by atoms with Gasteiger partial charge in [0, 0.05) is 50.9 Å². The molecule has 2 rings (SSSR count).